The number of benzene rings is 1. The minimum Gasteiger partial charge on any atom is -0.378 e. The second-order valence-electron chi connectivity index (χ2n) is 7.56. The van der Waals surface area contributed by atoms with Crippen LogP contribution in [0.15, 0.2) is 34.9 Å². The van der Waals surface area contributed by atoms with Crippen molar-refractivity contribution in [3.8, 4) is 11.3 Å². The maximum Gasteiger partial charge on any atom is 0.259 e. The summed E-state index contributed by atoms with van der Waals surface area (Å²) in [4.78, 5) is 15.1. The average molecular weight is 399 g/mol. The first-order valence-corrected chi connectivity index (χ1v) is 10.6. The number of hydrogen-bond donors (Lipinski definition) is 1. The van der Waals surface area contributed by atoms with E-state index in [1.165, 1.54) is 12.8 Å². The Hall–Kier alpha value is -2.38. The van der Waals surface area contributed by atoms with Gasteiger partial charge in [-0.2, -0.15) is 0 Å². The summed E-state index contributed by atoms with van der Waals surface area (Å²) in [5.74, 6) is 0.936. The highest BCUT2D eigenvalue weighted by molar-refractivity contribution is 6.04. The molecule has 2 fully saturated rings. The summed E-state index contributed by atoms with van der Waals surface area (Å²) in [5.41, 5.74) is 1.34. The summed E-state index contributed by atoms with van der Waals surface area (Å²) in [6.45, 7) is 3.86. The summed E-state index contributed by atoms with van der Waals surface area (Å²) < 4.78 is 16.9. The van der Waals surface area contributed by atoms with E-state index in [9.17, 15) is 4.79 Å². The Kier molecular flexibility index (Phi) is 6.79. The zero-order chi connectivity index (χ0) is 19.9. The van der Waals surface area contributed by atoms with E-state index in [4.69, 9.17) is 14.0 Å². The smallest absolute Gasteiger partial charge is 0.259 e. The van der Waals surface area contributed by atoms with Crippen LogP contribution in [0.5, 0.6) is 0 Å². The van der Waals surface area contributed by atoms with E-state index in [0.29, 0.717) is 62.7 Å². The molecule has 1 aliphatic carbocycles. The zero-order valence-corrected chi connectivity index (χ0v) is 16.8. The molecule has 1 aliphatic heterocycles. The number of aromatic nitrogens is 1. The predicted octanol–water partition coefficient (Wildman–Crippen LogP) is 3.26. The molecule has 156 valence electrons. The van der Waals surface area contributed by atoms with Gasteiger partial charge in [-0.05, 0) is 19.3 Å². The molecule has 0 spiro atoms. The van der Waals surface area contributed by atoms with E-state index in [2.05, 4.69) is 15.4 Å². The molecule has 0 atom stereocenters. The molecule has 1 aromatic carbocycles. The third-order valence-electron chi connectivity index (χ3n) is 5.51. The van der Waals surface area contributed by atoms with Crippen molar-refractivity contribution in [2.45, 2.75) is 38.2 Å². The Morgan fingerprint density at radius 3 is 2.69 bits per heavy atom. The van der Waals surface area contributed by atoms with Crippen molar-refractivity contribution in [1.82, 2.24) is 10.5 Å². The highest BCUT2D eigenvalue weighted by Crippen LogP contribution is 2.31. The van der Waals surface area contributed by atoms with Crippen LogP contribution in [0.3, 0.4) is 0 Å². The number of hydrogen-bond acceptors (Lipinski definition) is 6. The SMILES string of the molecule is O=C(NCCCOC1CCCC1)c1c(N2CCOCC2)noc1-c1ccccc1. The van der Waals surface area contributed by atoms with Crippen molar-refractivity contribution in [3.05, 3.63) is 35.9 Å². The van der Waals surface area contributed by atoms with Crippen molar-refractivity contribution in [1.29, 1.82) is 0 Å². The maximum atomic E-state index is 13.1. The molecule has 2 aliphatic rings. The first-order valence-electron chi connectivity index (χ1n) is 10.6. The number of nitrogens with zero attached hydrogens (tertiary/aromatic N) is 2. The van der Waals surface area contributed by atoms with Crippen LogP contribution in [0.25, 0.3) is 11.3 Å². The van der Waals surface area contributed by atoms with Crippen LogP contribution in [0.2, 0.25) is 0 Å². The van der Waals surface area contributed by atoms with Gasteiger partial charge < -0.3 is 24.2 Å². The quantitative estimate of drug-likeness (QED) is 0.687. The van der Waals surface area contributed by atoms with Gasteiger partial charge in [0.15, 0.2) is 11.6 Å². The van der Waals surface area contributed by atoms with Gasteiger partial charge in [0.25, 0.3) is 5.91 Å². The fourth-order valence-corrected chi connectivity index (χ4v) is 3.93. The van der Waals surface area contributed by atoms with Crippen molar-refractivity contribution in [2.75, 3.05) is 44.4 Å². The minimum absolute atomic E-state index is 0.160. The summed E-state index contributed by atoms with van der Waals surface area (Å²) in [5, 5.41) is 7.27. The van der Waals surface area contributed by atoms with Gasteiger partial charge >= 0.3 is 0 Å². The number of rotatable bonds is 8. The van der Waals surface area contributed by atoms with Crippen molar-refractivity contribution >= 4 is 11.7 Å². The third-order valence-corrected chi connectivity index (χ3v) is 5.51. The molecular weight excluding hydrogens is 370 g/mol. The van der Waals surface area contributed by atoms with E-state index < -0.39 is 0 Å². The molecule has 29 heavy (non-hydrogen) atoms. The van der Waals surface area contributed by atoms with E-state index in [1.807, 2.05) is 30.3 Å². The third kappa shape index (κ3) is 4.97. The predicted molar refractivity (Wildman–Crippen MR) is 110 cm³/mol. The number of ether oxygens (including phenoxy) is 2. The molecule has 2 aromatic rings. The van der Waals surface area contributed by atoms with Crippen molar-refractivity contribution in [2.24, 2.45) is 0 Å². The summed E-state index contributed by atoms with van der Waals surface area (Å²) in [6.07, 6.45) is 6.05. The van der Waals surface area contributed by atoms with Gasteiger partial charge in [-0.1, -0.05) is 48.3 Å². The van der Waals surface area contributed by atoms with Gasteiger partial charge in [0.1, 0.15) is 5.56 Å². The molecule has 7 nitrogen and oxygen atoms in total. The Labute approximate surface area is 171 Å². The molecule has 1 saturated carbocycles. The van der Waals surface area contributed by atoms with Gasteiger partial charge in [0.05, 0.1) is 19.3 Å². The molecule has 0 bridgehead atoms. The van der Waals surface area contributed by atoms with Crippen LogP contribution in [0.1, 0.15) is 42.5 Å². The minimum atomic E-state index is -0.160. The first-order chi connectivity index (χ1) is 14.3. The van der Waals surface area contributed by atoms with Crippen LogP contribution in [-0.4, -0.2) is 56.6 Å². The molecular formula is C22H29N3O4. The Bertz CT molecular complexity index is 781. The van der Waals surface area contributed by atoms with Crippen molar-refractivity contribution in [3.63, 3.8) is 0 Å². The van der Waals surface area contributed by atoms with Gasteiger partial charge in [-0.25, -0.2) is 0 Å². The number of anilines is 1. The Balaban J connectivity index is 1.43. The molecule has 7 heteroatoms. The van der Waals surface area contributed by atoms with E-state index >= 15 is 0 Å². The number of morpholine rings is 1. The van der Waals surface area contributed by atoms with E-state index in [1.54, 1.807) is 0 Å². The van der Waals surface area contributed by atoms with Crippen LogP contribution in [-0.2, 0) is 9.47 Å². The second kappa shape index (κ2) is 9.89. The lowest BCUT2D eigenvalue weighted by molar-refractivity contribution is 0.0565. The number of carbonyl (C=O) groups excluding carboxylic acids is 1. The average Bonchev–Trinajstić information content (AvgIpc) is 3.45. The Morgan fingerprint density at radius 1 is 1.17 bits per heavy atom. The molecule has 2 heterocycles. The van der Waals surface area contributed by atoms with Crippen molar-refractivity contribution < 1.29 is 18.8 Å². The first kappa shape index (κ1) is 19.9. The van der Waals surface area contributed by atoms with Crippen LogP contribution < -0.4 is 10.2 Å². The van der Waals surface area contributed by atoms with E-state index in [-0.39, 0.29) is 5.91 Å². The second-order valence-corrected chi connectivity index (χ2v) is 7.56. The normalized spacial score (nSPS) is 17.6. The summed E-state index contributed by atoms with van der Waals surface area (Å²) >= 11 is 0. The molecule has 0 radical (unpaired) electrons. The fourth-order valence-electron chi connectivity index (χ4n) is 3.93. The van der Waals surface area contributed by atoms with Gasteiger partial charge in [-0.3, -0.25) is 4.79 Å². The molecule has 1 saturated heterocycles. The lowest BCUT2D eigenvalue weighted by Gasteiger charge is -2.27. The van der Waals surface area contributed by atoms with Crippen LogP contribution in [0, 0.1) is 0 Å². The highest BCUT2D eigenvalue weighted by atomic mass is 16.5. The lowest BCUT2D eigenvalue weighted by Crippen LogP contribution is -2.38. The Morgan fingerprint density at radius 2 is 1.93 bits per heavy atom. The van der Waals surface area contributed by atoms with Gasteiger partial charge in [0, 0.05) is 31.8 Å². The molecule has 4 rings (SSSR count). The maximum absolute atomic E-state index is 13.1. The highest BCUT2D eigenvalue weighted by Gasteiger charge is 2.28. The lowest BCUT2D eigenvalue weighted by atomic mass is 10.1. The number of carbonyl (C=O) groups is 1. The van der Waals surface area contributed by atoms with Gasteiger partial charge in [0.2, 0.25) is 0 Å². The summed E-state index contributed by atoms with van der Waals surface area (Å²) in [7, 11) is 0. The van der Waals surface area contributed by atoms with E-state index in [0.717, 1.165) is 24.8 Å². The molecule has 0 unspecified atom stereocenters. The monoisotopic (exact) mass is 399 g/mol. The topological polar surface area (TPSA) is 76.8 Å². The molecule has 1 amide bonds. The standard InChI is InChI=1S/C22H29N3O4/c26-22(23-11-6-14-28-18-9-4-5-10-18)19-20(17-7-2-1-3-8-17)29-24-21(19)25-12-15-27-16-13-25/h1-3,7-8,18H,4-6,9-16H2,(H,23,26). The van der Waals surface area contributed by atoms with Crippen LogP contribution >= 0.6 is 0 Å². The number of amides is 1. The fraction of sp³-hybridized carbons (Fsp3) is 0.545. The van der Waals surface area contributed by atoms with Crippen LogP contribution in [0.4, 0.5) is 5.82 Å². The number of nitrogens with one attached hydrogen (secondary N) is 1. The summed E-state index contributed by atoms with van der Waals surface area (Å²) in [6, 6.07) is 9.64. The molecule has 1 aromatic heterocycles. The van der Waals surface area contributed by atoms with Gasteiger partial charge in [-0.15, -0.1) is 0 Å². The molecule has 1 N–H and O–H groups in total. The largest absolute Gasteiger partial charge is 0.378 e. The zero-order valence-electron chi connectivity index (χ0n) is 16.8.